The van der Waals surface area contributed by atoms with Crippen LogP contribution in [0.3, 0.4) is 0 Å². The maximum atomic E-state index is 13.8. The minimum atomic E-state index is -0.399. The lowest BCUT2D eigenvalue weighted by Gasteiger charge is -2.34. The highest BCUT2D eigenvalue weighted by molar-refractivity contribution is 5.85. The van der Waals surface area contributed by atoms with E-state index in [0.717, 1.165) is 19.5 Å². The monoisotopic (exact) mass is 346 g/mol. The molecule has 1 aliphatic rings. The fourth-order valence-corrected chi connectivity index (χ4v) is 2.51. The highest BCUT2D eigenvalue weighted by Crippen LogP contribution is 2.18. The quantitative estimate of drug-likeness (QED) is 0.890. The van der Waals surface area contributed by atoms with Crippen molar-refractivity contribution in [3.63, 3.8) is 0 Å². The van der Waals surface area contributed by atoms with Gasteiger partial charge in [0.1, 0.15) is 18.2 Å². The number of hydrogen-bond acceptors (Lipinski definition) is 4. The Morgan fingerprint density at radius 3 is 2.91 bits per heavy atom. The first-order chi connectivity index (χ1) is 10.7. The van der Waals surface area contributed by atoms with Gasteiger partial charge in [-0.15, -0.1) is 12.4 Å². The van der Waals surface area contributed by atoms with Crippen LogP contribution in [0.4, 0.5) is 9.18 Å². The van der Waals surface area contributed by atoms with Crippen molar-refractivity contribution < 1.29 is 18.7 Å². The SMILES string of the molecule is CCOc1ccc(F)c(COC(=O)N2CCNCC2CC)c1.Cl. The molecule has 1 heterocycles. The van der Waals surface area contributed by atoms with E-state index in [0.29, 0.717) is 24.5 Å². The molecule has 0 radical (unpaired) electrons. The molecular formula is C16H24ClFN2O3. The Balaban J connectivity index is 0.00000264. The van der Waals surface area contributed by atoms with Crippen molar-refractivity contribution in [2.75, 3.05) is 26.2 Å². The number of carbonyl (C=O) groups excluding carboxylic acids is 1. The average Bonchev–Trinajstić information content (AvgIpc) is 2.55. The maximum Gasteiger partial charge on any atom is 0.410 e. The summed E-state index contributed by atoms with van der Waals surface area (Å²) in [6.07, 6.45) is 0.464. The average molecular weight is 347 g/mol. The first-order valence-electron chi connectivity index (χ1n) is 7.71. The summed E-state index contributed by atoms with van der Waals surface area (Å²) in [6.45, 7) is 6.43. The number of rotatable bonds is 5. The highest BCUT2D eigenvalue weighted by atomic mass is 35.5. The second-order valence-corrected chi connectivity index (χ2v) is 5.20. The number of carbonyl (C=O) groups is 1. The molecule has 1 aromatic rings. The zero-order chi connectivity index (χ0) is 15.9. The van der Waals surface area contributed by atoms with Crippen LogP contribution < -0.4 is 10.1 Å². The number of nitrogens with one attached hydrogen (secondary N) is 1. The third-order valence-electron chi connectivity index (χ3n) is 3.74. The second kappa shape index (κ2) is 9.57. The second-order valence-electron chi connectivity index (χ2n) is 5.20. The molecular weight excluding hydrogens is 323 g/mol. The van der Waals surface area contributed by atoms with Crippen LogP contribution in [0.15, 0.2) is 18.2 Å². The normalized spacial score (nSPS) is 17.3. The predicted octanol–water partition coefficient (Wildman–Crippen LogP) is 2.97. The molecule has 1 aromatic carbocycles. The Morgan fingerprint density at radius 2 is 2.22 bits per heavy atom. The van der Waals surface area contributed by atoms with E-state index < -0.39 is 11.9 Å². The zero-order valence-corrected chi connectivity index (χ0v) is 14.3. The summed E-state index contributed by atoms with van der Waals surface area (Å²) in [7, 11) is 0. The molecule has 0 bridgehead atoms. The molecule has 130 valence electrons. The van der Waals surface area contributed by atoms with Gasteiger partial charge >= 0.3 is 6.09 Å². The molecule has 5 nitrogen and oxygen atoms in total. The molecule has 1 saturated heterocycles. The number of hydrogen-bond donors (Lipinski definition) is 1. The summed E-state index contributed by atoms with van der Waals surface area (Å²) in [5.74, 6) is 0.173. The third-order valence-corrected chi connectivity index (χ3v) is 3.74. The molecule has 1 N–H and O–H groups in total. The van der Waals surface area contributed by atoms with Gasteiger partial charge in [0, 0.05) is 31.2 Å². The Bertz CT molecular complexity index is 516. The van der Waals surface area contributed by atoms with E-state index in [-0.39, 0.29) is 25.1 Å². The lowest BCUT2D eigenvalue weighted by atomic mass is 10.1. The molecule has 1 unspecified atom stereocenters. The first kappa shape index (κ1) is 19.5. The molecule has 1 fully saturated rings. The van der Waals surface area contributed by atoms with Crippen LogP contribution in [0.2, 0.25) is 0 Å². The lowest BCUT2D eigenvalue weighted by Crippen LogP contribution is -2.53. The Labute approximate surface area is 142 Å². The summed E-state index contributed by atoms with van der Waals surface area (Å²) < 4.78 is 24.4. The van der Waals surface area contributed by atoms with Gasteiger partial charge in [-0.05, 0) is 31.5 Å². The minimum absolute atomic E-state index is 0. The summed E-state index contributed by atoms with van der Waals surface area (Å²) in [6, 6.07) is 4.59. The van der Waals surface area contributed by atoms with Crippen molar-refractivity contribution in [3.8, 4) is 5.75 Å². The van der Waals surface area contributed by atoms with Gasteiger partial charge in [-0.25, -0.2) is 9.18 Å². The number of benzene rings is 1. The largest absolute Gasteiger partial charge is 0.494 e. The molecule has 7 heteroatoms. The van der Waals surface area contributed by atoms with Crippen LogP contribution in [0, 0.1) is 5.82 Å². The number of piperazine rings is 1. The van der Waals surface area contributed by atoms with Crippen LogP contribution in [0.25, 0.3) is 0 Å². The summed E-state index contributed by atoms with van der Waals surface area (Å²) in [4.78, 5) is 13.9. The van der Waals surface area contributed by atoms with E-state index in [2.05, 4.69) is 5.32 Å². The maximum absolute atomic E-state index is 13.8. The zero-order valence-electron chi connectivity index (χ0n) is 13.5. The van der Waals surface area contributed by atoms with Crippen LogP contribution >= 0.6 is 12.4 Å². The van der Waals surface area contributed by atoms with E-state index in [4.69, 9.17) is 9.47 Å². The topological polar surface area (TPSA) is 50.8 Å². The fourth-order valence-electron chi connectivity index (χ4n) is 2.51. The lowest BCUT2D eigenvalue weighted by molar-refractivity contribution is 0.0706. The third kappa shape index (κ3) is 5.25. The standard InChI is InChI=1S/C16H23FN2O3.ClH/c1-3-13-10-18-7-8-19(13)16(20)22-11-12-9-14(21-4-2)5-6-15(12)17;/h5-6,9,13,18H,3-4,7-8,10-11H2,1-2H3;1H. The smallest absolute Gasteiger partial charge is 0.410 e. The molecule has 2 rings (SSSR count). The van der Waals surface area contributed by atoms with Crippen molar-refractivity contribution in [2.45, 2.75) is 32.9 Å². The van der Waals surface area contributed by atoms with Gasteiger partial charge in [0.2, 0.25) is 0 Å². The van der Waals surface area contributed by atoms with Gasteiger partial charge in [0.25, 0.3) is 0 Å². The first-order valence-corrected chi connectivity index (χ1v) is 7.71. The van der Waals surface area contributed by atoms with Crippen LogP contribution in [-0.4, -0.2) is 43.3 Å². The van der Waals surface area contributed by atoms with Gasteiger partial charge in [0.05, 0.1) is 6.61 Å². The van der Waals surface area contributed by atoms with Crippen LogP contribution in [-0.2, 0) is 11.3 Å². The number of halogens is 2. The van der Waals surface area contributed by atoms with E-state index in [1.807, 2.05) is 13.8 Å². The fraction of sp³-hybridized carbons (Fsp3) is 0.562. The molecule has 0 aliphatic carbocycles. The molecule has 0 aromatic heterocycles. The number of ether oxygens (including phenoxy) is 2. The van der Waals surface area contributed by atoms with Crippen LogP contribution in [0.1, 0.15) is 25.8 Å². The highest BCUT2D eigenvalue weighted by Gasteiger charge is 2.26. The minimum Gasteiger partial charge on any atom is -0.494 e. The van der Waals surface area contributed by atoms with Crippen molar-refractivity contribution >= 4 is 18.5 Å². The Morgan fingerprint density at radius 1 is 1.43 bits per heavy atom. The van der Waals surface area contributed by atoms with Gasteiger partial charge in [-0.2, -0.15) is 0 Å². The molecule has 0 spiro atoms. The van der Waals surface area contributed by atoms with E-state index in [1.54, 1.807) is 17.0 Å². The molecule has 1 amide bonds. The summed E-state index contributed by atoms with van der Waals surface area (Å²) in [5, 5.41) is 3.25. The molecule has 0 saturated carbocycles. The van der Waals surface area contributed by atoms with Crippen molar-refractivity contribution in [1.82, 2.24) is 10.2 Å². The van der Waals surface area contributed by atoms with Gasteiger partial charge in [0.15, 0.2) is 0 Å². The van der Waals surface area contributed by atoms with E-state index >= 15 is 0 Å². The van der Waals surface area contributed by atoms with Gasteiger partial charge in [-0.1, -0.05) is 6.92 Å². The van der Waals surface area contributed by atoms with Crippen molar-refractivity contribution in [1.29, 1.82) is 0 Å². The van der Waals surface area contributed by atoms with Gasteiger partial charge in [-0.3, -0.25) is 0 Å². The number of amides is 1. The molecule has 1 atom stereocenters. The Kier molecular flexibility index (Phi) is 8.12. The summed E-state index contributed by atoms with van der Waals surface area (Å²) in [5.41, 5.74) is 0.322. The van der Waals surface area contributed by atoms with Gasteiger partial charge < -0.3 is 19.7 Å². The molecule has 1 aliphatic heterocycles. The van der Waals surface area contributed by atoms with E-state index in [1.165, 1.54) is 6.07 Å². The molecule has 23 heavy (non-hydrogen) atoms. The predicted molar refractivity (Wildman–Crippen MR) is 88.7 cm³/mol. The summed E-state index contributed by atoms with van der Waals surface area (Å²) >= 11 is 0. The Hall–Kier alpha value is -1.53. The van der Waals surface area contributed by atoms with Crippen LogP contribution in [0.5, 0.6) is 5.75 Å². The van der Waals surface area contributed by atoms with Crippen molar-refractivity contribution in [2.24, 2.45) is 0 Å². The van der Waals surface area contributed by atoms with Crippen molar-refractivity contribution in [3.05, 3.63) is 29.6 Å². The van der Waals surface area contributed by atoms with E-state index in [9.17, 15) is 9.18 Å². The number of nitrogens with zero attached hydrogens (tertiary/aromatic N) is 1.